The normalized spacial score (nSPS) is 27.4. The molecule has 0 aliphatic heterocycles. The summed E-state index contributed by atoms with van der Waals surface area (Å²) in [5.41, 5.74) is 4.32. The highest BCUT2D eigenvalue weighted by Gasteiger charge is 2.48. The fourth-order valence-electron chi connectivity index (χ4n) is 3.12. The number of esters is 2. The Hall–Kier alpha value is -1.88. The topological polar surface area (TPSA) is 78.6 Å². The van der Waals surface area contributed by atoms with Crippen LogP contribution in [0, 0.1) is 0 Å². The van der Waals surface area contributed by atoms with E-state index in [1.165, 1.54) is 0 Å². The molecule has 0 radical (unpaired) electrons. The van der Waals surface area contributed by atoms with Crippen molar-refractivity contribution in [1.82, 2.24) is 0 Å². The van der Waals surface area contributed by atoms with Crippen LogP contribution in [0.3, 0.4) is 0 Å². The number of ether oxygens (including phenoxy) is 2. The third kappa shape index (κ3) is 4.57. The molecule has 132 valence electrons. The molecular weight excluding hydrogens is 306 g/mol. The minimum absolute atomic E-state index is 0.257. The summed E-state index contributed by atoms with van der Waals surface area (Å²) in [5, 5.41) is 0. The molecule has 1 aromatic rings. The van der Waals surface area contributed by atoms with Crippen molar-refractivity contribution >= 4 is 11.9 Å². The maximum absolute atomic E-state index is 12.5. The maximum Gasteiger partial charge on any atom is 0.338 e. The van der Waals surface area contributed by atoms with Crippen LogP contribution in [0.25, 0.3) is 0 Å². The molecule has 1 fully saturated rings. The van der Waals surface area contributed by atoms with Gasteiger partial charge in [-0.25, -0.2) is 4.79 Å². The van der Waals surface area contributed by atoms with Crippen LogP contribution in [-0.2, 0) is 14.3 Å². The van der Waals surface area contributed by atoms with Crippen molar-refractivity contribution in [2.24, 2.45) is 5.73 Å². The molecule has 2 unspecified atom stereocenters. The van der Waals surface area contributed by atoms with E-state index < -0.39 is 28.7 Å². The molecule has 24 heavy (non-hydrogen) atoms. The van der Waals surface area contributed by atoms with E-state index in [0.29, 0.717) is 24.8 Å². The Labute approximate surface area is 143 Å². The minimum Gasteiger partial charge on any atom is -0.459 e. The number of carbonyl (C=O) groups is 2. The van der Waals surface area contributed by atoms with Crippen molar-refractivity contribution in [2.75, 3.05) is 0 Å². The second-order valence-corrected chi connectivity index (χ2v) is 7.89. The average molecular weight is 333 g/mol. The summed E-state index contributed by atoms with van der Waals surface area (Å²) in [7, 11) is 0. The first-order chi connectivity index (χ1) is 11.0. The monoisotopic (exact) mass is 333 g/mol. The molecule has 0 amide bonds. The highest BCUT2D eigenvalue weighted by atomic mass is 16.6. The van der Waals surface area contributed by atoms with Gasteiger partial charge in [0.05, 0.1) is 5.56 Å². The van der Waals surface area contributed by atoms with E-state index in [1.54, 1.807) is 24.3 Å². The van der Waals surface area contributed by atoms with Crippen molar-refractivity contribution in [2.45, 2.75) is 70.1 Å². The molecule has 5 heteroatoms. The Morgan fingerprint density at radius 2 is 1.75 bits per heavy atom. The van der Waals surface area contributed by atoms with E-state index >= 15 is 0 Å². The van der Waals surface area contributed by atoms with Gasteiger partial charge in [0.25, 0.3) is 0 Å². The molecule has 1 aromatic carbocycles. The van der Waals surface area contributed by atoms with E-state index in [1.807, 2.05) is 33.8 Å². The van der Waals surface area contributed by atoms with E-state index in [4.69, 9.17) is 15.2 Å². The Kier molecular flexibility index (Phi) is 5.04. The predicted molar refractivity (Wildman–Crippen MR) is 91.5 cm³/mol. The zero-order chi connectivity index (χ0) is 18.0. The quantitative estimate of drug-likeness (QED) is 0.859. The van der Waals surface area contributed by atoms with Crippen molar-refractivity contribution in [1.29, 1.82) is 0 Å². The Bertz CT molecular complexity index is 608. The van der Waals surface area contributed by atoms with Gasteiger partial charge in [0.15, 0.2) is 0 Å². The van der Waals surface area contributed by atoms with Gasteiger partial charge in [0.2, 0.25) is 0 Å². The lowest BCUT2D eigenvalue weighted by Crippen LogP contribution is -2.58. The second-order valence-electron chi connectivity index (χ2n) is 7.89. The molecule has 0 bridgehead atoms. The largest absolute Gasteiger partial charge is 0.459 e. The molecule has 0 aromatic heterocycles. The van der Waals surface area contributed by atoms with Crippen LogP contribution in [0.2, 0.25) is 0 Å². The summed E-state index contributed by atoms with van der Waals surface area (Å²) in [4.78, 5) is 24.8. The Morgan fingerprint density at radius 1 is 1.12 bits per heavy atom. The van der Waals surface area contributed by atoms with Gasteiger partial charge >= 0.3 is 11.9 Å². The first-order valence-electron chi connectivity index (χ1n) is 8.34. The van der Waals surface area contributed by atoms with Crippen molar-refractivity contribution in [3.63, 3.8) is 0 Å². The summed E-state index contributed by atoms with van der Waals surface area (Å²) in [6.07, 6.45) is 2.16. The fourth-order valence-corrected chi connectivity index (χ4v) is 3.12. The van der Waals surface area contributed by atoms with Crippen LogP contribution in [0.4, 0.5) is 0 Å². The lowest BCUT2D eigenvalue weighted by Gasteiger charge is -2.42. The fraction of sp³-hybridized carbons (Fsp3) is 0.579. The van der Waals surface area contributed by atoms with E-state index in [2.05, 4.69) is 0 Å². The molecule has 2 atom stereocenters. The Balaban J connectivity index is 2.10. The molecule has 2 rings (SSSR count). The van der Waals surface area contributed by atoms with Gasteiger partial charge < -0.3 is 15.2 Å². The predicted octanol–water partition coefficient (Wildman–Crippen LogP) is 3.22. The second kappa shape index (κ2) is 6.55. The molecule has 0 saturated heterocycles. The van der Waals surface area contributed by atoms with Crippen LogP contribution in [0.15, 0.2) is 30.3 Å². The van der Waals surface area contributed by atoms with Gasteiger partial charge in [-0.3, -0.25) is 4.79 Å². The number of rotatable bonds is 3. The standard InChI is InChI=1S/C19H27NO4/c1-17(2,3)24-16(22)19(20)12-8-11-18(4,13-19)23-15(21)14-9-6-5-7-10-14/h5-7,9-10H,8,11-13,20H2,1-4H3. The number of hydrogen-bond donors (Lipinski definition) is 1. The molecular formula is C19H27NO4. The summed E-state index contributed by atoms with van der Waals surface area (Å²) < 4.78 is 11.2. The van der Waals surface area contributed by atoms with Crippen molar-refractivity contribution < 1.29 is 19.1 Å². The van der Waals surface area contributed by atoms with E-state index in [-0.39, 0.29) is 6.42 Å². The molecule has 1 aliphatic carbocycles. The smallest absolute Gasteiger partial charge is 0.338 e. The van der Waals surface area contributed by atoms with E-state index in [9.17, 15) is 9.59 Å². The van der Waals surface area contributed by atoms with Crippen LogP contribution in [-0.4, -0.2) is 28.7 Å². The van der Waals surface area contributed by atoms with Gasteiger partial charge in [0.1, 0.15) is 16.7 Å². The molecule has 5 nitrogen and oxygen atoms in total. The SMILES string of the molecule is CC(C)(C)OC(=O)C1(N)CCCC(C)(OC(=O)c2ccccc2)C1. The number of carbonyl (C=O) groups excluding carboxylic acids is 2. The molecule has 0 heterocycles. The minimum atomic E-state index is -1.13. The van der Waals surface area contributed by atoms with Crippen LogP contribution in [0.1, 0.15) is 63.7 Å². The summed E-state index contributed by atoms with van der Waals surface area (Å²) in [6.45, 7) is 7.27. The zero-order valence-corrected chi connectivity index (χ0v) is 14.9. The van der Waals surface area contributed by atoms with Gasteiger partial charge in [-0.05, 0) is 59.1 Å². The van der Waals surface area contributed by atoms with Gasteiger partial charge in [-0.2, -0.15) is 0 Å². The van der Waals surface area contributed by atoms with Gasteiger partial charge in [0, 0.05) is 6.42 Å². The number of nitrogens with two attached hydrogens (primary N) is 1. The van der Waals surface area contributed by atoms with E-state index in [0.717, 1.165) is 0 Å². The Morgan fingerprint density at radius 3 is 2.33 bits per heavy atom. The maximum atomic E-state index is 12.5. The van der Waals surface area contributed by atoms with Gasteiger partial charge in [-0.15, -0.1) is 0 Å². The molecule has 2 N–H and O–H groups in total. The van der Waals surface area contributed by atoms with Gasteiger partial charge in [-0.1, -0.05) is 18.2 Å². The summed E-state index contributed by atoms with van der Waals surface area (Å²) >= 11 is 0. The average Bonchev–Trinajstić information content (AvgIpc) is 2.45. The number of benzene rings is 1. The van der Waals surface area contributed by atoms with Crippen LogP contribution in [0.5, 0.6) is 0 Å². The summed E-state index contributed by atoms with van der Waals surface area (Å²) in [5.74, 6) is -0.830. The molecule has 0 spiro atoms. The summed E-state index contributed by atoms with van der Waals surface area (Å²) in [6, 6.07) is 8.82. The highest BCUT2D eigenvalue weighted by molar-refractivity contribution is 5.89. The molecule has 1 aliphatic rings. The first-order valence-corrected chi connectivity index (χ1v) is 8.34. The van der Waals surface area contributed by atoms with Crippen LogP contribution < -0.4 is 5.73 Å². The van der Waals surface area contributed by atoms with Crippen LogP contribution >= 0.6 is 0 Å². The first kappa shape index (κ1) is 18.5. The zero-order valence-electron chi connectivity index (χ0n) is 14.9. The number of hydrogen-bond acceptors (Lipinski definition) is 5. The van der Waals surface area contributed by atoms with Crippen molar-refractivity contribution in [3.8, 4) is 0 Å². The third-order valence-electron chi connectivity index (χ3n) is 4.17. The lowest BCUT2D eigenvalue weighted by atomic mass is 9.74. The third-order valence-corrected chi connectivity index (χ3v) is 4.17. The van der Waals surface area contributed by atoms with Crippen molar-refractivity contribution in [3.05, 3.63) is 35.9 Å². The highest BCUT2D eigenvalue weighted by Crippen LogP contribution is 2.38. The molecule has 1 saturated carbocycles. The lowest BCUT2D eigenvalue weighted by molar-refractivity contribution is -0.167.